The van der Waals surface area contributed by atoms with Crippen LogP contribution in [0, 0.1) is 6.92 Å². The van der Waals surface area contributed by atoms with Crippen molar-refractivity contribution in [2.24, 2.45) is 0 Å². The summed E-state index contributed by atoms with van der Waals surface area (Å²) in [7, 11) is -3.13. The van der Waals surface area contributed by atoms with Gasteiger partial charge in [-0.1, -0.05) is 11.3 Å². The molecule has 2 rings (SSSR count). The number of sulfonamides is 1. The van der Waals surface area contributed by atoms with E-state index in [0.717, 1.165) is 0 Å². The van der Waals surface area contributed by atoms with Crippen LogP contribution in [0.4, 0.5) is 5.13 Å². The highest BCUT2D eigenvalue weighted by atomic mass is 32.2. The first kappa shape index (κ1) is 16.2. The number of rotatable bonds is 4. The number of carbonyl (C=O) groups is 1. The van der Waals surface area contributed by atoms with Crippen molar-refractivity contribution >= 4 is 32.4 Å². The second kappa shape index (κ2) is 6.29. The van der Waals surface area contributed by atoms with E-state index in [2.05, 4.69) is 10.3 Å². The minimum Gasteiger partial charge on any atom is -0.375 e. The zero-order valence-corrected chi connectivity index (χ0v) is 13.8. The Morgan fingerprint density at radius 2 is 2.10 bits per heavy atom. The van der Waals surface area contributed by atoms with Gasteiger partial charge in [0.15, 0.2) is 5.13 Å². The summed E-state index contributed by atoms with van der Waals surface area (Å²) >= 11 is 1.17. The predicted molar refractivity (Wildman–Crippen MR) is 82.8 cm³/mol. The van der Waals surface area contributed by atoms with Gasteiger partial charge in [0.1, 0.15) is 4.88 Å². The van der Waals surface area contributed by atoms with E-state index in [9.17, 15) is 13.2 Å². The summed E-state index contributed by atoms with van der Waals surface area (Å²) in [5.74, 6) is -0.0675. The molecule has 0 aliphatic carbocycles. The maximum absolute atomic E-state index is 12.2. The van der Waals surface area contributed by atoms with Gasteiger partial charge in [0, 0.05) is 19.1 Å². The highest BCUT2D eigenvalue weighted by Crippen LogP contribution is 2.21. The molecule has 0 aromatic carbocycles. The van der Waals surface area contributed by atoms with Gasteiger partial charge in [0.2, 0.25) is 10.0 Å². The van der Waals surface area contributed by atoms with Gasteiger partial charge in [0.25, 0.3) is 5.91 Å². The maximum Gasteiger partial charge on any atom is 0.263 e. The van der Waals surface area contributed by atoms with Crippen molar-refractivity contribution in [1.82, 2.24) is 14.6 Å². The number of carbonyl (C=O) groups excluding carboxylic acids is 1. The van der Waals surface area contributed by atoms with E-state index < -0.39 is 10.0 Å². The average molecular weight is 332 g/mol. The molecule has 0 atom stereocenters. The first-order valence-corrected chi connectivity index (χ1v) is 9.27. The fraction of sp³-hybridized carbons (Fsp3) is 0.667. The molecule has 1 aliphatic heterocycles. The summed E-state index contributed by atoms with van der Waals surface area (Å²) in [6.07, 6.45) is 1.25. The Balaban J connectivity index is 1.92. The van der Waals surface area contributed by atoms with Crippen LogP contribution >= 0.6 is 11.3 Å². The lowest BCUT2D eigenvalue weighted by Crippen LogP contribution is -2.46. The molecule has 21 heavy (non-hydrogen) atoms. The van der Waals surface area contributed by atoms with Gasteiger partial charge in [-0.15, -0.1) is 0 Å². The number of hydrogen-bond donors (Lipinski definition) is 2. The molecule has 0 spiro atoms. The highest BCUT2D eigenvalue weighted by molar-refractivity contribution is 7.89. The Labute approximate surface area is 128 Å². The second-order valence-electron chi connectivity index (χ2n) is 5.01. The average Bonchev–Trinajstić information content (AvgIpc) is 2.78. The predicted octanol–water partition coefficient (Wildman–Crippen LogP) is 0.578. The van der Waals surface area contributed by atoms with Crippen LogP contribution in [0.1, 0.15) is 35.1 Å². The number of nitrogens with one attached hydrogen (secondary N) is 1. The molecule has 9 heteroatoms. The summed E-state index contributed by atoms with van der Waals surface area (Å²) in [5.41, 5.74) is 6.21. The molecule has 7 nitrogen and oxygen atoms in total. The molecule has 2 heterocycles. The topological polar surface area (TPSA) is 105 Å². The molecule has 1 fully saturated rings. The zero-order valence-electron chi connectivity index (χ0n) is 12.1. The summed E-state index contributed by atoms with van der Waals surface area (Å²) < 4.78 is 25.0. The number of aromatic nitrogens is 1. The lowest BCUT2D eigenvalue weighted by atomic mass is 10.1. The van der Waals surface area contributed by atoms with Crippen LogP contribution in [0.2, 0.25) is 0 Å². The van der Waals surface area contributed by atoms with Crippen molar-refractivity contribution in [3.05, 3.63) is 10.6 Å². The third kappa shape index (κ3) is 3.72. The molecule has 1 aromatic rings. The zero-order chi connectivity index (χ0) is 15.6. The molecule has 1 aromatic heterocycles. The smallest absolute Gasteiger partial charge is 0.263 e. The van der Waals surface area contributed by atoms with Gasteiger partial charge in [-0.25, -0.2) is 17.7 Å². The van der Waals surface area contributed by atoms with E-state index in [1.54, 1.807) is 13.8 Å². The van der Waals surface area contributed by atoms with E-state index in [-0.39, 0.29) is 17.7 Å². The van der Waals surface area contributed by atoms with Gasteiger partial charge in [-0.05, 0) is 26.7 Å². The third-order valence-electron chi connectivity index (χ3n) is 3.57. The number of nitrogen functional groups attached to an aromatic ring is 1. The minimum atomic E-state index is -3.13. The Bertz CT molecular complexity index is 618. The van der Waals surface area contributed by atoms with Crippen molar-refractivity contribution < 1.29 is 13.2 Å². The van der Waals surface area contributed by atoms with Crippen LogP contribution < -0.4 is 11.1 Å². The quantitative estimate of drug-likeness (QED) is 0.839. The molecule has 0 bridgehead atoms. The highest BCUT2D eigenvalue weighted by Gasteiger charge is 2.28. The van der Waals surface area contributed by atoms with Gasteiger partial charge in [-0.3, -0.25) is 4.79 Å². The van der Waals surface area contributed by atoms with Crippen molar-refractivity contribution in [1.29, 1.82) is 0 Å². The van der Waals surface area contributed by atoms with E-state index in [0.29, 0.717) is 41.6 Å². The Morgan fingerprint density at radius 1 is 1.48 bits per heavy atom. The third-order valence-corrected chi connectivity index (χ3v) is 6.43. The first-order chi connectivity index (χ1) is 9.83. The molecule has 1 aliphatic rings. The first-order valence-electron chi connectivity index (χ1n) is 6.85. The number of piperidine rings is 1. The molecule has 3 N–H and O–H groups in total. The molecule has 0 saturated carbocycles. The van der Waals surface area contributed by atoms with Crippen molar-refractivity contribution in [3.63, 3.8) is 0 Å². The number of nitrogens with two attached hydrogens (primary N) is 1. The number of anilines is 1. The Morgan fingerprint density at radius 3 is 2.57 bits per heavy atom. The van der Waals surface area contributed by atoms with Crippen LogP contribution in [0.25, 0.3) is 0 Å². The van der Waals surface area contributed by atoms with Crippen LogP contribution in [0.3, 0.4) is 0 Å². The molecular weight excluding hydrogens is 312 g/mol. The van der Waals surface area contributed by atoms with Crippen LogP contribution in [-0.2, 0) is 10.0 Å². The minimum absolute atomic E-state index is 0.0106. The molecule has 118 valence electrons. The SMILES string of the molecule is CCS(=O)(=O)N1CCC(NC(=O)c2sc(N)nc2C)CC1. The summed E-state index contributed by atoms with van der Waals surface area (Å²) in [5, 5.41) is 3.31. The largest absolute Gasteiger partial charge is 0.375 e. The summed E-state index contributed by atoms with van der Waals surface area (Å²) in [4.78, 5) is 16.7. The van der Waals surface area contributed by atoms with Crippen LogP contribution in [0.5, 0.6) is 0 Å². The van der Waals surface area contributed by atoms with Gasteiger partial charge >= 0.3 is 0 Å². The number of hydrogen-bond acceptors (Lipinski definition) is 6. The number of amides is 1. The van der Waals surface area contributed by atoms with Gasteiger partial charge < -0.3 is 11.1 Å². The second-order valence-corrected chi connectivity index (χ2v) is 8.30. The van der Waals surface area contributed by atoms with E-state index in [1.165, 1.54) is 15.6 Å². The Kier molecular flexibility index (Phi) is 4.84. The fourth-order valence-corrected chi connectivity index (χ4v) is 4.21. The van der Waals surface area contributed by atoms with E-state index in [4.69, 9.17) is 5.73 Å². The number of aryl methyl sites for hydroxylation is 1. The van der Waals surface area contributed by atoms with Crippen LogP contribution in [0.15, 0.2) is 0 Å². The Hall–Kier alpha value is -1.19. The maximum atomic E-state index is 12.2. The molecule has 1 amide bonds. The fourth-order valence-electron chi connectivity index (χ4n) is 2.34. The van der Waals surface area contributed by atoms with Crippen molar-refractivity contribution in [3.8, 4) is 0 Å². The molecule has 1 saturated heterocycles. The lowest BCUT2D eigenvalue weighted by Gasteiger charge is -2.31. The van der Waals surface area contributed by atoms with Crippen LogP contribution in [-0.4, -0.2) is 48.5 Å². The van der Waals surface area contributed by atoms with Gasteiger partial charge in [-0.2, -0.15) is 0 Å². The number of thiazole rings is 1. The summed E-state index contributed by atoms with van der Waals surface area (Å²) in [6.45, 7) is 4.29. The summed E-state index contributed by atoms with van der Waals surface area (Å²) in [6, 6.07) is -0.0106. The van der Waals surface area contributed by atoms with E-state index >= 15 is 0 Å². The standard InChI is InChI=1S/C12H20N4O3S2/c1-3-21(18,19)16-6-4-9(5-7-16)15-11(17)10-8(2)14-12(13)20-10/h9H,3-7H2,1-2H3,(H2,13,14)(H,15,17). The molecule has 0 radical (unpaired) electrons. The number of nitrogens with zero attached hydrogens (tertiary/aromatic N) is 2. The van der Waals surface area contributed by atoms with Crippen molar-refractivity contribution in [2.75, 3.05) is 24.6 Å². The molecular formula is C12H20N4O3S2. The van der Waals surface area contributed by atoms with Crippen molar-refractivity contribution in [2.45, 2.75) is 32.7 Å². The monoisotopic (exact) mass is 332 g/mol. The van der Waals surface area contributed by atoms with Gasteiger partial charge in [0.05, 0.1) is 11.4 Å². The normalized spacial score (nSPS) is 17.8. The lowest BCUT2D eigenvalue weighted by molar-refractivity contribution is 0.0927. The molecule has 0 unspecified atom stereocenters. The van der Waals surface area contributed by atoms with E-state index in [1.807, 2.05) is 0 Å².